The number of nitrogens with two attached hydrogens (primary N) is 1. The van der Waals surface area contributed by atoms with Crippen molar-refractivity contribution in [2.75, 3.05) is 33.9 Å². The molecule has 1 aromatic rings. The minimum absolute atomic E-state index is 0.0606. The van der Waals surface area contributed by atoms with Gasteiger partial charge < -0.3 is 20.1 Å². The molecule has 0 saturated carbocycles. The zero-order valence-corrected chi connectivity index (χ0v) is 13.3. The lowest BCUT2D eigenvalue weighted by Gasteiger charge is -2.26. The van der Waals surface area contributed by atoms with Crippen LogP contribution in [0.2, 0.25) is 0 Å². The maximum atomic E-state index is 6.35. The van der Waals surface area contributed by atoms with Crippen molar-refractivity contribution in [2.45, 2.75) is 26.8 Å². The Morgan fingerprint density at radius 3 is 2.35 bits per heavy atom. The summed E-state index contributed by atoms with van der Waals surface area (Å²) in [6.07, 6.45) is 0. The van der Waals surface area contributed by atoms with E-state index in [1.807, 2.05) is 18.2 Å². The maximum Gasteiger partial charge on any atom is 0.127 e. The number of hydrogen-bond acceptors (Lipinski definition) is 4. The highest BCUT2D eigenvalue weighted by Gasteiger charge is 2.16. The van der Waals surface area contributed by atoms with Crippen molar-refractivity contribution in [1.82, 2.24) is 4.90 Å². The van der Waals surface area contributed by atoms with Gasteiger partial charge in [0.2, 0.25) is 0 Å². The number of benzene rings is 1. The lowest BCUT2D eigenvalue weighted by atomic mass is 10.0. The van der Waals surface area contributed by atoms with E-state index in [9.17, 15) is 0 Å². The molecule has 1 rings (SSSR count). The van der Waals surface area contributed by atoms with Crippen LogP contribution >= 0.6 is 0 Å². The van der Waals surface area contributed by atoms with Crippen molar-refractivity contribution >= 4 is 0 Å². The van der Waals surface area contributed by atoms with E-state index in [4.69, 9.17) is 15.2 Å². The Morgan fingerprint density at radius 1 is 1.15 bits per heavy atom. The molecule has 0 bridgehead atoms. The minimum atomic E-state index is -0.0606. The molecule has 0 aliphatic carbocycles. The first-order valence-corrected chi connectivity index (χ1v) is 7.21. The van der Waals surface area contributed by atoms with Gasteiger partial charge in [0.05, 0.1) is 14.2 Å². The first kappa shape index (κ1) is 16.8. The molecule has 1 aromatic carbocycles. The fraction of sp³-hybridized carbons (Fsp3) is 0.625. The summed E-state index contributed by atoms with van der Waals surface area (Å²) in [4.78, 5) is 2.37. The second kappa shape index (κ2) is 8.12. The van der Waals surface area contributed by atoms with Crippen LogP contribution in [-0.2, 0) is 0 Å². The van der Waals surface area contributed by atoms with Crippen molar-refractivity contribution in [3.05, 3.63) is 23.8 Å². The van der Waals surface area contributed by atoms with Gasteiger partial charge in [-0.2, -0.15) is 0 Å². The summed E-state index contributed by atoms with van der Waals surface area (Å²) in [5.74, 6) is 2.21. The number of rotatable bonds is 8. The zero-order valence-electron chi connectivity index (χ0n) is 13.3. The minimum Gasteiger partial charge on any atom is -0.497 e. The molecule has 0 aliphatic rings. The average Bonchev–Trinajstić information content (AvgIpc) is 2.45. The average molecular weight is 280 g/mol. The summed E-state index contributed by atoms with van der Waals surface area (Å²) in [5, 5.41) is 0. The van der Waals surface area contributed by atoms with E-state index in [1.54, 1.807) is 14.2 Å². The van der Waals surface area contributed by atoms with E-state index in [2.05, 4.69) is 25.7 Å². The van der Waals surface area contributed by atoms with Gasteiger partial charge in [-0.15, -0.1) is 0 Å². The van der Waals surface area contributed by atoms with Crippen LogP contribution < -0.4 is 15.2 Å². The molecule has 1 atom stereocenters. The number of methoxy groups -OCH3 is 2. The van der Waals surface area contributed by atoms with Crippen LogP contribution in [0.5, 0.6) is 11.5 Å². The SMILES string of the molecule is CCN(CC(C)C)CC(N)c1ccc(OC)cc1OC. The highest BCUT2D eigenvalue weighted by atomic mass is 16.5. The lowest BCUT2D eigenvalue weighted by Crippen LogP contribution is -2.34. The zero-order chi connectivity index (χ0) is 15.1. The van der Waals surface area contributed by atoms with Crippen molar-refractivity contribution in [3.63, 3.8) is 0 Å². The summed E-state index contributed by atoms with van der Waals surface area (Å²) in [6.45, 7) is 9.51. The fourth-order valence-electron chi connectivity index (χ4n) is 2.35. The fourth-order valence-corrected chi connectivity index (χ4v) is 2.35. The van der Waals surface area contributed by atoms with Crippen molar-refractivity contribution < 1.29 is 9.47 Å². The predicted octanol–water partition coefficient (Wildman–Crippen LogP) is 2.68. The summed E-state index contributed by atoms with van der Waals surface area (Å²) in [7, 11) is 3.31. The van der Waals surface area contributed by atoms with Gasteiger partial charge in [-0.25, -0.2) is 0 Å². The molecule has 4 nitrogen and oxygen atoms in total. The van der Waals surface area contributed by atoms with Gasteiger partial charge >= 0.3 is 0 Å². The van der Waals surface area contributed by atoms with Crippen LogP contribution in [0.15, 0.2) is 18.2 Å². The van der Waals surface area contributed by atoms with Crippen molar-refractivity contribution in [3.8, 4) is 11.5 Å². The first-order valence-electron chi connectivity index (χ1n) is 7.21. The summed E-state index contributed by atoms with van der Waals surface area (Å²) >= 11 is 0. The Hall–Kier alpha value is -1.26. The first-order chi connectivity index (χ1) is 9.51. The molecule has 114 valence electrons. The molecule has 0 aromatic heterocycles. The molecule has 0 saturated heterocycles. The molecule has 0 amide bonds. The Labute approximate surface area is 122 Å². The Bertz CT molecular complexity index is 407. The molecule has 4 heteroatoms. The van der Waals surface area contributed by atoms with Gasteiger partial charge in [-0.3, -0.25) is 0 Å². The normalized spacial score (nSPS) is 12.8. The highest BCUT2D eigenvalue weighted by Crippen LogP contribution is 2.28. The second-order valence-electron chi connectivity index (χ2n) is 5.46. The quantitative estimate of drug-likeness (QED) is 0.795. The molecule has 0 heterocycles. The number of nitrogens with zero attached hydrogens (tertiary/aromatic N) is 1. The topological polar surface area (TPSA) is 47.7 Å². The molecule has 0 radical (unpaired) electrons. The van der Waals surface area contributed by atoms with E-state index < -0.39 is 0 Å². The van der Waals surface area contributed by atoms with Crippen molar-refractivity contribution in [2.24, 2.45) is 11.7 Å². The Balaban J connectivity index is 2.82. The van der Waals surface area contributed by atoms with Crippen LogP contribution in [0.4, 0.5) is 0 Å². The van der Waals surface area contributed by atoms with E-state index >= 15 is 0 Å². The molecule has 20 heavy (non-hydrogen) atoms. The molecule has 0 spiro atoms. The highest BCUT2D eigenvalue weighted by molar-refractivity contribution is 5.42. The molecular weight excluding hydrogens is 252 g/mol. The summed E-state index contributed by atoms with van der Waals surface area (Å²) in [6, 6.07) is 5.74. The van der Waals surface area contributed by atoms with Crippen molar-refractivity contribution in [1.29, 1.82) is 0 Å². The summed E-state index contributed by atoms with van der Waals surface area (Å²) in [5.41, 5.74) is 7.38. The number of hydrogen-bond donors (Lipinski definition) is 1. The van der Waals surface area contributed by atoms with Gasteiger partial charge in [0.1, 0.15) is 11.5 Å². The number of ether oxygens (including phenoxy) is 2. The smallest absolute Gasteiger partial charge is 0.127 e. The lowest BCUT2D eigenvalue weighted by molar-refractivity contribution is 0.240. The van der Waals surface area contributed by atoms with E-state index in [0.717, 1.165) is 36.7 Å². The Morgan fingerprint density at radius 2 is 1.85 bits per heavy atom. The van der Waals surface area contributed by atoms with E-state index in [-0.39, 0.29) is 6.04 Å². The van der Waals surface area contributed by atoms with Gasteiger partial charge in [0.15, 0.2) is 0 Å². The Kier molecular flexibility index (Phi) is 6.82. The van der Waals surface area contributed by atoms with Crippen LogP contribution in [0.1, 0.15) is 32.4 Å². The third-order valence-electron chi connectivity index (χ3n) is 3.37. The second-order valence-corrected chi connectivity index (χ2v) is 5.46. The molecular formula is C16H28N2O2. The monoisotopic (exact) mass is 280 g/mol. The number of likely N-dealkylation sites (N-methyl/N-ethyl adjacent to an activating group) is 1. The molecule has 1 unspecified atom stereocenters. The third-order valence-corrected chi connectivity index (χ3v) is 3.37. The van der Waals surface area contributed by atoms with Crippen LogP contribution in [0.3, 0.4) is 0 Å². The molecule has 0 aliphatic heterocycles. The molecule has 2 N–H and O–H groups in total. The predicted molar refractivity (Wildman–Crippen MR) is 83.4 cm³/mol. The van der Waals surface area contributed by atoms with Gasteiger partial charge in [0.25, 0.3) is 0 Å². The van der Waals surface area contributed by atoms with E-state index in [1.165, 1.54) is 0 Å². The standard InChI is InChI=1S/C16H28N2O2/c1-6-18(10-12(2)3)11-15(17)14-8-7-13(19-4)9-16(14)20-5/h7-9,12,15H,6,10-11,17H2,1-5H3. The van der Waals surface area contributed by atoms with E-state index in [0.29, 0.717) is 5.92 Å². The maximum absolute atomic E-state index is 6.35. The van der Waals surface area contributed by atoms with Gasteiger partial charge in [-0.05, 0) is 18.5 Å². The molecule has 0 fully saturated rings. The summed E-state index contributed by atoms with van der Waals surface area (Å²) < 4.78 is 10.6. The van der Waals surface area contributed by atoms with Crippen LogP contribution in [-0.4, -0.2) is 38.8 Å². The van der Waals surface area contributed by atoms with Crippen LogP contribution in [0.25, 0.3) is 0 Å². The van der Waals surface area contributed by atoms with Gasteiger partial charge in [0, 0.05) is 30.8 Å². The van der Waals surface area contributed by atoms with Gasteiger partial charge in [-0.1, -0.05) is 26.8 Å². The largest absolute Gasteiger partial charge is 0.497 e. The third kappa shape index (κ3) is 4.69. The van der Waals surface area contributed by atoms with Crippen LogP contribution in [0, 0.1) is 5.92 Å².